The molecule has 0 bridgehead atoms. The van der Waals surface area contributed by atoms with Gasteiger partial charge in [0.05, 0.1) is 0 Å². The first-order valence-corrected chi connectivity index (χ1v) is 9.13. The van der Waals surface area contributed by atoms with Crippen LogP contribution in [-0.4, -0.2) is 12.1 Å². The maximum Gasteiger partial charge on any atom is 0.302 e. The van der Waals surface area contributed by atoms with Crippen molar-refractivity contribution >= 4 is 5.97 Å². The maximum absolute atomic E-state index is 11.4. The van der Waals surface area contributed by atoms with E-state index in [0.717, 1.165) is 30.1 Å². The van der Waals surface area contributed by atoms with E-state index in [1.165, 1.54) is 38.5 Å². The first kappa shape index (κ1) is 14.5. The Kier molecular flexibility index (Phi) is 3.47. The quantitative estimate of drug-likeness (QED) is 0.658. The molecule has 0 radical (unpaired) electrons. The van der Waals surface area contributed by atoms with E-state index in [9.17, 15) is 4.79 Å². The summed E-state index contributed by atoms with van der Waals surface area (Å²) in [5, 5.41) is 0. The molecule has 0 amide bonds. The molecule has 0 aromatic heterocycles. The minimum Gasteiger partial charge on any atom is -0.462 e. The van der Waals surface area contributed by atoms with Gasteiger partial charge in [-0.2, -0.15) is 0 Å². The highest BCUT2D eigenvalue weighted by molar-refractivity contribution is 5.66. The largest absolute Gasteiger partial charge is 0.462 e. The third-order valence-corrected chi connectivity index (χ3v) is 7.24. The molecule has 2 heteroatoms. The number of allylic oxidation sites excluding steroid dienone is 4. The number of fused-ring (bicyclic) bond motifs is 5. The molecule has 0 aromatic carbocycles. The molecule has 0 heterocycles. The van der Waals surface area contributed by atoms with E-state index in [-0.39, 0.29) is 17.5 Å². The van der Waals surface area contributed by atoms with Gasteiger partial charge in [-0.1, -0.05) is 25.2 Å². The zero-order valence-electron chi connectivity index (χ0n) is 13.9. The lowest BCUT2D eigenvalue weighted by Crippen LogP contribution is -2.47. The molecule has 4 rings (SSSR count). The Morgan fingerprint density at radius 3 is 2.91 bits per heavy atom. The molecule has 120 valence electrons. The molecule has 0 aliphatic heterocycles. The summed E-state index contributed by atoms with van der Waals surface area (Å²) in [7, 11) is 0. The van der Waals surface area contributed by atoms with Crippen molar-refractivity contribution in [3.63, 3.8) is 0 Å². The molecular weight excluding hydrogens is 272 g/mol. The third kappa shape index (κ3) is 2.10. The van der Waals surface area contributed by atoms with E-state index in [1.54, 1.807) is 12.5 Å². The highest BCUT2D eigenvalue weighted by Gasteiger charge is 2.56. The molecule has 6 atom stereocenters. The van der Waals surface area contributed by atoms with Crippen LogP contribution in [0.5, 0.6) is 0 Å². The van der Waals surface area contributed by atoms with Crippen LogP contribution in [0.15, 0.2) is 23.8 Å². The third-order valence-electron chi connectivity index (χ3n) is 7.24. The summed E-state index contributed by atoms with van der Waals surface area (Å²) in [4.78, 5) is 11.4. The van der Waals surface area contributed by atoms with Crippen molar-refractivity contribution in [2.24, 2.45) is 29.1 Å². The summed E-state index contributed by atoms with van der Waals surface area (Å²) < 4.78 is 5.70. The van der Waals surface area contributed by atoms with Crippen LogP contribution in [0.3, 0.4) is 0 Å². The summed E-state index contributed by atoms with van der Waals surface area (Å²) in [6.07, 6.45) is 16.1. The normalized spacial score (nSPS) is 46.3. The van der Waals surface area contributed by atoms with Gasteiger partial charge in [-0.15, -0.1) is 0 Å². The molecule has 2 fully saturated rings. The molecule has 0 N–H and O–H groups in total. The second-order valence-corrected chi connectivity index (χ2v) is 8.18. The average molecular weight is 300 g/mol. The Bertz CT molecular complexity index is 532. The maximum atomic E-state index is 11.4. The number of hydrogen-bond donors (Lipinski definition) is 0. The Morgan fingerprint density at radius 1 is 1.23 bits per heavy atom. The van der Waals surface area contributed by atoms with Crippen LogP contribution < -0.4 is 0 Å². The van der Waals surface area contributed by atoms with Gasteiger partial charge in [0.2, 0.25) is 0 Å². The van der Waals surface area contributed by atoms with Gasteiger partial charge >= 0.3 is 5.97 Å². The topological polar surface area (TPSA) is 26.3 Å². The van der Waals surface area contributed by atoms with Crippen molar-refractivity contribution in [2.75, 3.05) is 0 Å². The van der Waals surface area contributed by atoms with Gasteiger partial charge in [-0.3, -0.25) is 4.79 Å². The van der Waals surface area contributed by atoms with Crippen LogP contribution in [-0.2, 0) is 9.53 Å². The second-order valence-electron chi connectivity index (χ2n) is 8.18. The molecule has 0 spiro atoms. The molecule has 22 heavy (non-hydrogen) atoms. The molecule has 0 aromatic rings. The van der Waals surface area contributed by atoms with Gasteiger partial charge in [-0.05, 0) is 74.2 Å². The number of hydrogen-bond acceptors (Lipinski definition) is 2. The highest BCUT2D eigenvalue weighted by atomic mass is 16.5. The Morgan fingerprint density at radius 2 is 2.09 bits per heavy atom. The monoisotopic (exact) mass is 300 g/mol. The van der Waals surface area contributed by atoms with Gasteiger partial charge in [0.1, 0.15) is 6.10 Å². The SMILES string of the molecule is CC(=O)O[C@H]1CCC2C3CC=C4C=CCCC4C3CC[C@@]21C. The Hall–Kier alpha value is -1.05. The van der Waals surface area contributed by atoms with Crippen LogP contribution in [0.25, 0.3) is 0 Å². The summed E-state index contributed by atoms with van der Waals surface area (Å²) in [6, 6.07) is 0. The summed E-state index contributed by atoms with van der Waals surface area (Å²) in [6.45, 7) is 3.96. The fourth-order valence-electron chi connectivity index (χ4n) is 6.24. The van der Waals surface area contributed by atoms with Gasteiger partial charge < -0.3 is 4.74 Å². The number of carbonyl (C=O) groups is 1. The van der Waals surface area contributed by atoms with Crippen LogP contribution in [0.1, 0.15) is 58.8 Å². The van der Waals surface area contributed by atoms with Gasteiger partial charge in [-0.25, -0.2) is 0 Å². The van der Waals surface area contributed by atoms with E-state index in [2.05, 4.69) is 25.2 Å². The first-order chi connectivity index (χ1) is 10.6. The summed E-state index contributed by atoms with van der Waals surface area (Å²) >= 11 is 0. The standard InChI is InChI=1S/C20H28O2/c1-13(21)22-19-10-9-18-17-8-7-14-5-3-4-6-15(14)16(17)11-12-20(18,19)2/h3,5,7,15-19H,4,6,8-12H2,1-2H3/t15?,16?,17?,18?,19-,20-/m0/s1. The molecule has 0 saturated heterocycles. The predicted octanol–water partition coefficient (Wildman–Crippen LogP) is 4.66. The lowest BCUT2D eigenvalue weighted by atomic mass is 9.53. The second kappa shape index (κ2) is 5.25. The highest BCUT2D eigenvalue weighted by Crippen LogP contribution is 2.61. The van der Waals surface area contributed by atoms with Crippen LogP contribution in [0, 0.1) is 29.1 Å². The first-order valence-electron chi connectivity index (χ1n) is 9.13. The Balaban J connectivity index is 1.60. The lowest BCUT2D eigenvalue weighted by molar-refractivity contribution is -0.155. The lowest BCUT2D eigenvalue weighted by Gasteiger charge is -2.52. The number of esters is 1. The van der Waals surface area contributed by atoms with E-state index >= 15 is 0 Å². The van der Waals surface area contributed by atoms with Crippen molar-refractivity contribution in [1.29, 1.82) is 0 Å². The minimum absolute atomic E-state index is 0.0998. The molecule has 4 aliphatic rings. The summed E-state index contributed by atoms with van der Waals surface area (Å²) in [5.41, 5.74) is 1.84. The van der Waals surface area contributed by atoms with Gasteiger partial charge in [0, 0.05) is 12.3 Å². The zero-order chi connectivity index (χ0) is 15.3. The van der Waals surface area contributed by atoms with Crippen molar-refractivity contribution < 1.29 is 9.53 Å². The molecule has 2 saturated carbocycles. The van der Waals surface area contributed by atoms with E-state index < -0.39 is 0 Å². The number of ether oxygens (including phenoxy) is 1. The fraction of sp³-hybridized carbons (Fsp3) is 0.750. The van der Waals surface area contributed by atoms with E-state index in [4.69, 9.17) is 4.74 Å². The van der Waals surface area contributed by atoms with E-state index in [0.29, 0.717) is 0 Å². The van der Waals surface area contributed by atoms with Crippen molar-refractivity contribution in [3.05, 3.63) is 23.8 Å². The summed E-state index contributed by atoms with van der Waals surface area (Å²) in [5.74, 6) is 3.15. The number of carbonyl (C=O) groups excluding carboxylic acids is 1. The Labute approximate surface area is 134 Å². The minimum atomic E-state index is -0.0998. The van der Waals surface area contributed by atoms with Gasteiger partial charge in [0.25, 0.3) is 0 Å². The fourth-order valence-corrected chi connectivity index (χ4v) is 6.24. The molecule has 2 nitrogen and oxygen atoms in total. The van der Waals surface area contributed by atoms with Gasteiger partial charge in [0.15, 0.2) is 0 Å². The van der Waals surface area contributed by atoms with Crippen molar-refractivity contribution in [1.82, 2.24) is 0 Å². The molecular formula is C20H28O2. The predicted molar refractivity (Wildman–Crippen MR) is 87.2 cm³/mol. The van der Waals surface area contributed by atoms with Crippen molar-refractivity contribution in [2.45, 2.75) is 64.9 Å². The molecule has 4 aliphatic carbocycles. The van der Waals surface area contributed by atoms with E-state index in [1.807, 2.05) is 0 Å². The van der Waals surface area contributed by atoms with Crippen LogP contribution >= 0.6 is 0 Å². The zero-order valence-corrected chi connectivity index (χ0v) is 13.9. The average Bonchev–Trinajstić information content (AvgIpc) is 2.83. The van der Waals surface area contributed by atoms with Crippen molar-refractivity contribution in [3.8, 4) is 0 Å². The molecule has 4 unspecified atom stereocenters. The smallest absolute Gasteiger partial charge is 0.302 e. The number of rotatable bonds is 1. The van der Waals surface area contributed by atoms with Crippen LogP contribution in [0.2, 0.25) is 0 Å². The van der Waals surface area contributed by atoms with Crippen LogP contribution in [0.4, 0.5) is 0 Å².